The van der Waals surface area contributed by atoms with Gasteiger partial charge in [-0.2, -0.15) is 4.31 Å². The molecule has 1 saturated carbocycles. The molecule has 0 radical (unpaired) electrons. The van der Waals surface area contributed by atoms with E-state index in [0.717, 1.165) is 25.7 Å². The van der Waals surface area contributed by atoms with Crippen LogP contribution in [0.5, 0.6) is 0 Å². The summed E-state index contributed by atoms with van der Waals surface area (Å²) in [6.45, 7) is 1.43. The van der Waals surface area contributed by atoms with Crippen molar-refractivity contribution >= 4 is 31.9 Å². The Morgan fingerprint density at radius 2 is 1.77 bits per heavy atom. The number of rotatable bonds is 4. The van der Waals surface area contributed by atoms with Crippen molar-refractivity contribution in [3.8, 4) is 0 Å². The summed E-state index contributed by atoms with van der Waals surface area (Å²) in [7, 11) is -3.66. The van der Waals surface area contributed by atoms with Crippen LogP contribution in [0.2, 0.25) is 0 Å². The molecule has 1 heterocycles. The van der Waals surface area contributed by atoms with Crippen LogP contribution in [0.1, 0.15) is 48.9 Å². The predicted octanol–water partition coefficient (Wildman–Crippen LogP) is 2.92. The summed E-state index contributed by atoms with van der Waals surface area (Å²) in [6, 6.07) is 4.94. The monoisotopic (exact) mass is 444 g/mol. The van der Waals surface area contributed by atoms with E-state index in [1.165, 1.54) is 23.2 Å². The molecule has 2 aliphatic rings. The maximum absolute atomic E-state index is 12.9. The number of nitrogens with zero attached hydrogens (tertiary/aromatic N) is 1. The Morgan fingerprint density at radius 3 is 2.42 bits per heavy atom. The third kappa shape index (κ3) is 4.65. The van der Waals surface area contributed by atoms with Gasteiger partial charge in [-0.25, -0.2) is 8.42 Å². The Bertz CT molecular complexity index is 740. The SMILES string of the molecule is O=C(NC1CCCCCC1)c1ccc(Br)c(S(=O)(=O)N2CCOCC2)c1. The Morgan fingerprint density at radius 1 is 1.12 bits per heavy atom. The zero-order chi connectivity index (χ0) is 18.6. The molecule has 1 aliphatic heterocycles. The molecule has 0 aromatic heterocycles. The molecule has 1 aromatic rings. The number of amides is 1. The van der Waals surface area contributed by atoms with Crippen molar-refractivity contribution in [3.05, 3.63) is 28.2 Å². The average Bonchev–Trinajstić information content (AvgIpc) is 2.91. The molecular weight excluding hydrogens is 420 g/mol. The maximum atomic E-state index is 12.9. The number of hydrogen-bond donors (Lipinski definition) is 1. The summed E-state index contributed by atoms with van der Waals surface area (Å²) in [6.07, 6.45) is 6.66. The van der Waals surface area contributed by atoms with E-state index < -0.39 is 10.0 Å². The molecular formula is C18H25BrN2O4S. The molecule has 0 bridgehead atoms. The zero-order valence-corrected chi connectivity index (χ0v) is 17.1. The van der Waals surface area contributed by atoms with E-state index in [0.29, 0.717) is 36.3 Å². The van der Waals surface area contributed by atoms with Crippen LogP contribution in [-0.4, -0.2) is 51.0 Å². The van der Waals surface area contributed by atoms with E-state index in [1.54, 1.807) is 12.1 Å². The topological polar surface area (TPSA) is 75.7 Å². The van der Waals surface area contributed by atoms with Gasteiger partial charge in [-0.15, -0.1) is 0 Å². The van der Waals surface area contributed by atoms with Crippen molar-refractivity contribution in [1.82, 2.24) is 9.62 Å². The van der Waals surface area contributed by atoms with Gasteiger partial charge in [0.25, 0.3) is 5.91 Å². The summed E-state index contributed by atoms with van der Waals surface area (Å²) in [4.78, 5) is 12.8. The van der Waals surface area contributed by atoms with Crippen molar-refractivity contribution < 1.29 is 17.9 Å². The highest BCUT2D eigenvalue weighted by molar-refractivity contribution is 9.10. The highest BCUT2D eigenvalue weighted by Crippen LogP contribution is 2.27. The van der Waals surface area contributed by atoms with E-state index >= 15 is 0 Å². The second-order valence-corrected chi connectivity index (χ2v) is 9.58. The van der Waals surface area contributed by atoms with Gasteiger partial charge in [0.05, 0.1) is 18.1 Å². The molecule has 3 rings (SSSR count). The summed E-state index contributed by atoms with van der Waals surface area (Å²) in [5.41, 5.74) is 0.379. The molecule has 8 heteroatoms. The minimum absolute atomic E-state index is 0.132. The number of ether oxygens (including phenoxy) is 1. The van der Waals surface area contributed by atoms with Crippen molar-refractivity contribution in [2.24, 2.45) is 0 Å². The second kappa shape index (κ2) is 8.82. The third-order valence-corrected chi connectivity index (χ3v) is 7.86. The van der Waals surface area contributed by atoms with Gasteiger partial charge in [0, 0.05) is 29.2 Å². The molecule has 1 N–H and O–H groups in total. The Hall–Kier alpha value is -0.960. The first kappa shape index (κ1) is 19.8. The number of carbonyl (C=O) groups excluding carboxylic acids is 1. The fraction of sp³-hybridized carbons (Fsp3) is 0.611. The minimum Gasteiger partial charge on any atom is -0.379 e. The fourth-order valence-electron chi connectivity index (χ4n) is 3.46. The van der Waals surface area contributed by atoms with Crippen molar-refractivity contribution in [1.29, 1.82) is 0 Å². The molecule has 0 unspecified atom stereocenters. The Labute approximate surface area is 163 Å². The number of benzene rings is 1. The predicted molar refractivity (Wildman–Crippen MR) is 103 cm³/mol. The van der Waals surface area contributed by atoms with Crippen LogP contribution in [0.3, 0.4) is 0 Å². The molecule has 6 nitrogen and oxygen atoms in total. The van der Waals surface area contributed by atoms with E-state index in [9.17, 15) is 13.2 Å². The molecule has 26 heavy (non-hydrogen) atoms. The van der Waals surface area contributed by atoms with Crippen LogP contribution < -0.4 is 5.32 Å². The molecule has 144 valence electrons. The molecule has 0 spiro atoms. The summed E-state index contributed by atoms with van der Waals surface area (Å²) < 4.78 is 33.0. The summed E-state index contributed by atoms with van der Waals surface area (Å²) in [5.74, 6) is -0.206. The van der Waals surface area contributed by atoms with Gasteiger partial charge in [-0.3, -0.25) is 4.79 Å². The first-order chi connectivity index (χ1) is 12.5. The number of carbonyl (C=O) groups is 1. The lowest BCUT2D eigenvalue weighted by atomic mass is 10.1. The normalized spacial score (nSPS) is 20.5. The van der Waals surface area contributed by atoms with Crippen LogP contribution in [-0.2, 0) is 14.8 Å². The molecule has 1 aliphatic carbocycles. The van der Waals surface area contributed by atoms with Crippen molar-refractivity contribution in [2.75, 3.05) is 26.3 Å². The quantitative estimate of drug-likeness (QED) is 0.724. The van der Waals surface area contributed by atoms with Crippen molar-refractivity contribution in [3.63, 3.8) is 0 Å². The zero-order valence-electron chi connectivity index (χ0n) is 14.7. The van der Waals surface area contributed by atoms with E-state index in [4.69, 9.17) is 4.74 Å². The van der Waals surface area contributed by atoms with E-state index in [1.807, 2.05) is 0 Å². The fourth-order valence-corrected chi connectivity index (χ4v) is 5.82. The first-order valence-corrected chi connectivity index (χ1v) is 11.4. The van der Waals surface area contributed by atoms with Gasteiger partial charge in [-0.05, 0) is 47.0 Å². The average molecular weight is 445 g/mol. The van der Waals surface area contributed by atoms with Crippen LogP contribution in [0.4, 0.5) is 0 Å². The molecule has 2 fully saturated rings. The standard InChI is InChI=1S/C18H25BrN2O4S/c19-16-8-7-14(18(22)20-15-5-3-1-2-4-6-15)13-17(16)26(23,24)21-9-11-25-12-10-21/h7-8,13,15H,1-6,9-12H2,(H,20,22). The van der Waals surface area contributed by atoms with Gasteiger partial charge in [-0.1, -0.05) is 25.7 Å². The maximum Gasteiger partial charge on any atom is 0.251 e. The molecule has 1 saturated heterocycles. The second-order valence-electron chi connectivity index (χ2n) is 6.82. The highest BCUT2D eigenvalue weighted by atomic mass is 79.9. The number of nitrogens with one attached hydrogen (secondary N) is 1. The molecule has 1 amide bonds. The highest BCUT2D eigenvalue weighted by Gasteiger charge is 2.29. The van der Waals surface area contributed by atoms with Crippen molar-refractivity contribution in [2.45, 2.75) is 49.5 Å². The van der Waals surface area contributed by atoms with Gasteiger partial charge >= 0.3 is 0 Å². The van der Waals surface area contributed by atoms with E-state index in [-0.39, 0.29) is 16.8 Å². The lowest BCUT2D eigenvalue weighted by molar-refractivity contribution is 0.0730. The lowest BCUT2D eigenvalue weighted by Crippen LogP contribution is -2.41. The summed E-state index contributed by atoms with van der Waals surface area (Å²) >= 11 is 3.32. The largest absolute Gasteiger partial charge is 0.379 e. The number of morpholine rings is 1. The third-order valence-electron chi connectivity index (χ3n) is 4.97. The van der Waals surface area contributed by atoms with Crippen LogP contribution in [0.15, 0.2) is 27.6 Å². The minimum atomic E-state index is -3.66. The van der Waals surface area contributed by atoms with Crippen LogP contribution in [0, 0.1) is 0 Å². The smallest absolute Gasteiger partial charge is 0.251 e. The number of hydrogen-bond acceptors (Lipinski definition) is 4. The summed E-state index contributed by atoms with van der Waals surface area (Å²) in [5, 5.41) is 3.07. The first-order valence-electron chi connectivity index (χ1n) is 9.17. The van der Waals surface area contributed by atoms with Crippen LogP contribution in [0.25, 0.3) is 0 Å². The van der Waals surface area contributed by atoms with Gasteiger partial charge in [0.15, 0.2) is 0 Å². The molecule has 0 atom stereocenters. The Kier molecular flexibility index (Phi) is 6.71. The Balaban J connectivity index is 1.79. The van der Waals surface area contributed by atoms with Gasteiger partial charge in [0.1, 0.15) is 0 Å². The van der Waals surface area contributed by atoms with Gasteiger partial charge < -0.3 is 10.1 Å². The van der Waals surface area contributed by atoms with Gasteiger partial charge in [0.2, 0.25) is 10.0 Å². The number of halogens is 1. The lowest BCUT2D eigenvalue weighted by Gasteiger charge is -2.26. The number of sulfonamides is 1. The molecule has 1 aromatic carbocycles. The van der Waals surface area contributed by atoms with E-state index in [2.05, 4.69) is 21.2 Å². The van der Waals surface area contributed by atoms with Crippen LogP contribution >= 0.6 is 15.9 Å².